The number of nitrogens with one attached hydrogen (secondary N) is 1. The summed E-state index contributed by atoms with van der Waals surface area (Å²) < 4.78 is 13.5. The Kier molecular flexibility index (Phi) is 6.43. The van der Waals surface area contributed by atoms with Gasteiger partial charge in [-0.2, -0.15) is 0 Å². The van der Waals surface area contributed by atoms with Gasteiger partial charge < -0.3 is 24.3 Å². The largest absolute Gasteiger partial charge is 0.379 e. The second-order valence-electron chi connectivity index (χ2n) is 7.63. The van der Waals surface area contributed by atoms with Gasteiger partial charge in [0.15, 0.2) is 0 Å². The molecular formula is C18H31N3O3. The molecule has 1 aromatic heterocycles. The number of hydrogen-bond donors (Lipinski definition) is 1. The van der Waals surface area contributed by atoms with Crippen molar-refractivity contribution >= 4 is 5.91 Å². The van der Waals surface area contributed by atoms with Gasteiger partial charge in [0, 0.05) is 31.1 Å². The van der Waals surface area contributed by atoms with Crippen LogP contribution in [0.5, 0.6) is 0 Å². The molecular weight excluding hydrogens is 306 g/mol. The van der Waals surface area contributed by atoms with Gasteiger partial charge >= 0.3 is 0 Å². The van der Waals surface area contributed by atoms with Crippen LogP contribution in [0.3, 0.4) is 0 Å². The van der Waals surface area contributed by atoms with Crippen LogP contribution in [0.25, 0.3) is 0 Å². The fraction of sp³-hybridized carbons (Fsp3) is 0.722. The van der Waals surface area contributed by atoms with Gasteiger partial charge in [0.1, 0.15) is 6.10 Å². The van der Waals surface area contributed by atoms with Crippen molar-refractivity contribution in [3.8, 4) is 0 Å². The van der Waals surface area contributed by atoms with E-state index in [1.807, 2.05) is 32.6 Å². The van der Waals surface area contributed by atoms with E-state index < -0.39 is 0 Å². The molecule has 0 bridgehead atoms. The highest BCUT2D eigenvalue weighted by Crippen LogP contribution is 2.17. The molecule has 0 aromatic carbocycles. The van der Waals surface area contributed by atoms with Gasteiger partial charge in [0.2, 0.25) is 0 Å². The van der Waals surface area contributed by atoms with Crippen LogP contribution in [-0.2, 0) is 15.0 Å². The molecule has 2 atom stereocenters. The lowest BCUT2D eigenvalue weighted by atomic mass is 10.1. The molecule has 0 radical (unpaired) electrons. The molecule has 0 aliphatic carbocycles. The van der Waals surface area contributed by atoms with Crippen molar-refractivity contribution in [1.29, 1.82) is 0 Å². The number of likely N-dealkylation sites (N-methyl/N-ethyl adjacent to an activating group) is 1. The van der Waals surface area contributed by atoms with Gasteiger partial charge in [-0.3, -0.25) is 4.79 Å². The van der Waals surface area contributed by atoms with E-state index in [4.69, 9.17) is 9.47 Å². The molecule has 2 heterocycles. The molecule has 0 spiro atoms. The summed E-state index contributed by atoms with van der Waals surface area (Å²) in [4.78, 5) is 14.6. The fourth-order valence-electron chi connectivity index (χ4n) is 2.63. The lowest BCUT2D eigenvalue weighted by molar-refractivity contribution is -0.0690. The van der Waals surface area contributed by atoms with Gasteiger partial charge in [0.25, 0.3) is 5.91 Å². The average Bonchev–Trinajstić information content (AvgIpc) is 2.98. The predicted octanol–water partition coefficient (Wildman–Crippen LogP) is 1.71. The van der Waals surface area contributed by atoms with Crippen molar-refractivity contribution in [2.45, 2.75) is 44.9 Å². The van der Waals surface area contributed by atoms with Crippen LogP contribution in [0, 0.1) is 0 Å². The van der Waals surface area contributed by atoms with E-state index in [0.29, 0.717) is 25.4 Å². The molecule has 1 N–H and O–H groups in total. The number of ether oxygens (including phenoxy) is 2. The SMILES string of the molecule is CN(C)CCO[C@@H]1COCC[C@H]1NC(=O)c1ccn(C(C)(C)C)c1. The molecule has 6 nitrogen and oxygen atoms in total. The fourth-order valence-corrected chi connectivity index (χ4v) is 2.63. The molecule has 1 fully saturated rings. The van der Waals surface area contributed by atoms with Crippen molar-refractivity contribution in [2.75, 3.05) is 40.5 Å². The zero-order valence-electron chi connectivity index (χ0n) is 15.5. The molecule has 1 aliphatic heterocycles. The van der Waals surface area contributed by atoms with E-state index >= 15 is 0 Å². The second kappa shape index (κ2) is 8.14. The number of carbonyl (C=O) groups excluding carboxylic acids is 1. The van der Waals surface area contributed by atoms with Crippen molar-refractivity contribution in [3.05, 3.63) is 24.0 Å². The molecule has 1 aliphatic rings. The van der Waals surface area contributed by atoms with Gasteiger partial charge in [-0.05, 0) is 47.4 Å². The maximum Gasteiger partial charge on any atom is 0.253 e. The zero-order chi connectivity index (χ0) is 17.7. The molecule has 1 amide bonds. The molecule has 0 unspecified atom stereocenters. The Morgan fingerprint density at radius 1 is 1.46 bits per heavy atom. The summed E-state index contributed by atoms with van der Waals surface area (Å²) in [5, 5.41) is 3.12. The zero-order valence-corrected chi connectivity index (χ0v) is 15.5. The van der Waals surface area contributed by atoms with Gasteiger partial charge in [-0.25, -0.2) is 0 Å². The summed E-state index contributed by atoms with van der Waals surface area (Å²) in [5.41, 5.74) is 0.651. The average molecular weight is 337 g/mol. The molecule has 1 saturated heterocycles. The van der Waals surface area contributed by atoms with Crippen LogP contribution in [-0.4, -0.2) is 68.0 Å². The van der Waals surface area contributed by atoms with Crippen LogP contribution in [0.2, 0.25) is 0 Å². The minimum atomic E-state index is -0.0904. The van der Waals surface area contributed by atoms with Gasteiger partial charge in [-0.15, -0.1) is 0 Å². The summed E-state index contributed by atoms with van der Waals surface area (Å²) >= 11 is 0. The number of hydrogen-bond acceptors (Lipinski definition) is 4. The van der Waals surface area contributed by atoms with E-state index in [2.05, 4.69) is 35.6 Å². The smallest absolute Gasteiger partial charge is 0.253 e. The summed E-state index contributed by atoms with van der Waals surface area (Å²) in [6, 6.07) is 1.85. The third-order valence-corrected chi connectivity index (χ3v) is 4.22. The lowest BCUT2D eigenvalue weighted by Gasteiger charge is -2.32. The number of aromatic nitrogens is 1. The van der Waals surface area contributed by atoms with Crippen LogP contribution >= 0.6 is 0 Å². The van der Waals surface area contributed by atoms with E-state index in [1.54, 1.807) is 0 Å². The van der Waals surface area contributed by atoms with Crippen LogP contribution < -0.4 is 5.32 Å². The number of nitrogens with zero attached hydrogens (tertiary/aromatic N) is 2. The summed E-state index contributed by atoms with van der Waals surface area (Å²) in [7, 11) is 4.03. The molecule has 24 heavy (non-hydrogen) atoms. The topological polar surface area (TPSA) is 55.7 Å². The first-order chi connectivity index (χ1) is 11.3. The Balaban J connectivity index is 1.93. The molecule has 136 valence electrons. The molecule has 6 heteroatoms. The lowest BCUT2D eigenvalue weighted by Crippen LogP contribution is -2.50. The number of amides is 1. The highest BCUT2D eigenvalue weighted by atomic mass is 16.5. The third kappa shape index (κ3) is 5.33. The highest BCUT2D eigenvalue weighted by Gasteiger charge is 2.28. The summed E-state index contributed by atoms with van der Waals surface area (Å²) in [6.07, 6.45) is 4.53. The standard InChI is InChI=1S/C18H31N3O3/c1-18(2,3)21-8-6-14(12-21)17(22)19-15-7-10-23-13-16(15)24-11-9-20(4)5/h6,8,12,15-16H,7,9-11,13H2,1-5H3,(H,19,22)/t15-,16-/m1/s1. The number of carbonyl (C=O) groups is 1. The molecule has 2 rings (SSSR count). The number of rotatable bonds is 6. The Labute approximate surface area is 145 Å². The van der Waals surface area contributed by atoms with Crippen molar-refractivity contribution in [2.24, 2.45) is 0 Å². The summed E-state index contributed by atoms with van der Waals surface area (Å²) in [5.74, 6) is -0.0499. The first-order valence-electron chi connectivity index (χ1n) is 8.61. The Hall–Kier alpha value is -1.37. The predicted molar refractivity (Wildman–Crippen MR) is 94.4 cm³/mol. The maximum absolute atomic E-state index is 12.6. The second-order valence-corrected chi connectivity index (χ2v) is 7.63. The van der Waals surface area contributed by atoms with Crippen molar-refractivity contribution in [1.82, 2.24) is 14.8 Å². The molecule has 1 aromatic rings. The maximum atomic E-state index is 12.6. The van der Waals surface area contributed by atoms with Crippen molar-refractivity contribution < 1.29 is 14.3 Å². The third-order valence-electron chi connectivity index (χ3n) is 4.22. The van der Waals surface area contributed by atoms with E-state index in [0.717, 1.165) is 13.0 Å². The quantitative estimate of drug-likeness (QED) is 0.859. The van der Waals surface area contributed by atoms with E-state index in [9.17, 15) is 4.79 Å². The monoisotopic (exact) mass is 337 g/mol. The first kappa shape index (κ1) is 19.0. The normalized spacial score (nSPS) is 21.9. The van der Waals surface area contributed by atoms with Gasteiger partial charge in [0.05, 0.1) is 24.8 Å². The van der Waals surface area contributed by atoms with Crippen LogP contribution in [0.1, 0.15) is 37.6 Å². The minimum Gasteiger partial charge on any atom is -0.379 e. The molecule has 0 saturated carbocycles. The van der Waals surface area contributed by atoms with E-state index in [1.165, 1.54) is 0 Å². The van der Waals surface area contributed by atoms with Crippen molar-refractivity contribution in [3.63, 3.8) is 0 Å². The van der Waals surface area contributed by atoms with E-state index in [-0.39, 0.29) is 23.6 Å². The summed E-state index contributed by atoms with van der Waals surface area (Å²) in [6.45, 7) is 9.01. The van der Waals surface area contributed by atoms with Gasteiger partial charge in [-0.1, -0.05) is 0 Å². The highest BCUT2D eigenvalue weighted by molar-refractivity contribution is 5.94. The minimum absolute atomic E-state index is 0.00796. The van der Waals surface area contributed by atoms with Crippen LogP contribution in [0.15, 0.2) is 18.5 Å². The van der Waals surface area contributed by atoms with Crippen LogP contribution in [0.4, 0.5) is 0 Å². The Bertz CT molecular complexity index is 534. The first-order valence-corrected chi connectivity index (χ1v) is 8.61. The Morgan fingerprint density at radius 2 is 2.21 bits per heavy atom. The Morgan fingerprint density at radius 3 is 2.83 bits per heavy atom.